The number of thiophene rings is 1. The molecule has 0 atom stereocenters. The quantitative estimate of drug-likeness (QED) is 0.550. The Balaban J connectivity index is 1.85. The zero-order valence-electron chi connectivity index (χ0n) is 10.5. The van der Waals surface area contributed by atoms with Crippen molar-refractivity contribution in [1.82, 2.24) is 30.2 Å². The van der Waals surface area contributed by atoms with Gasteiger partial charge in [-0.05, 0) is 28.8 Å². The van der Waals surface area contributed by atoms with E-state index in [9.17, 15) is 0 Å². The number of nitrogens with zero attached hydrogens (tertiary/aromatic N) is 6. The van der Waals surface area contributed by atoms with Crippen molar-refractivity contribution in [1.29, 1.82) is 0 Å². The molecule has 8 heteroatoms. The van der Waals surface area contributed by atoms with Gasteiger partial charge in [-0.2, -0.15) is 0 Å². The standard InChI is InChI=1S/C13H7BrN6S/c14-10-4-2-1-3-8(10)11-17-19-20(18-11)12-9-5-6-21-13(9)16-7-15-12/h1-7H. The topological polar surface area (TPSA) is 69.4 Å². The molecular weight excluding hydrogens is 352 g/mol. The number of halogens is 1. The van der Waals surface area contributed by atoms with Crippen LogP contribution in [0, 0.1) is 0 Å². The zero-order valence-corrected chi connectivity index (χ0v) is 12.9. The van der Waals surface area contributed by atoms with Crippen LogP contribution in [0.15, 0.2) is 46.5 Å². The fourth-order valence-electron chi connectivity index (χ4n) is 1.99. The maximum atomic E-state index is 4.42. The van der Waals surface area contributed by atoms with E-state index in [2.05, 4.69) is 41.3 Å². The van der Waals surface area contributed by atoms with Gasteiger partial charge in [0.2, 0.25) is 5.82 Å². The lowest BCUT2D eigenvalue weighted by Crippen LogP contribution is -2.02. The average molecular weight is 359 g/mol. The van der Waals surface area contributed by atoms with Gasteiger partial charge >= 0.3 is 0 Å². The van der Waals surface area contributed by atoms with Gasteiger partial charge in [0.25, 0.3) is 0 Å². The largest absolute Gasteiger partial charge is 0.225 e. The van der Waals surface area contributed by atoms with Gasteiger partial charge in [-0.3, -0.25) is 0 Å². The summed E-state index contributed by atoms with van der Waals surface area (Å²) in [6, 6.07) is 9.71. The van der Waals surface area contributed by atoms with E-state index >= 15 is 0 Å². The molecule has 0 fully saturated rings. The Bertz CT molecular complexity index is 931. The summed E-state index contributed by atoms with van der Waals surface area (Å²) in [7, 11) is 0. The van der Waals surface area contributed by atoms with E-state index in [-0.39, 0.29) is 0 Å². The van der Waals surface area contributed by atoms with Crippen molar-refractivity contribution in [3.05, 3.63) is 46.5 Å². The molecule has 0 aliphatic carbocycles. The third kappa shape index (κ3) is 2.12. The number of tetrazole rings is 1. The highest BCUT2D eigenvalue weighted by Gasteiger charge is 2.13. The Hall–Kier alpha value is -2.19. The minimum absolute atomic E-state index is 0.546. The maximum Gasteiger partial charge on any atom is 0.206 e. The molecular formula is C13H7BrN6S. The van der Waals surface area contributed by atoms with E-state index in [1.807, 2.05) is 35.7 Å². The van der Waals surface area contributed by atoms with E-state index in [4.69, 9.17) is 0 Å². The predicted molar refractivity (Wildman–Crippen MR) is 83.3 cm³/mol. The molecule has 0 N–H and O–H groups in total. The molecule has 3 aromatic heterocycles. The van der Waals surface area contributed by atoms with Crippen LogP contribution in [0.25, 0.3) is 27.4 Å². The molecule has 102 valence electrons. The van der Waals surface area contributed by atoms with Crippen molar-refractivity contribution in [2.45, 2.75) is 0 Å². The maximum absolute atomic E-state index is 4.42. The molecule has 6 nitrogen and oxygen atoms in total. The molecule has 4 rings (SSSR count). The Labute approximate surface area is 131 Å². The van der Waals surface area contributed by atoms with Crippen LogP contribution in [0.4, 0.5) is 0 Å². The van der Waals surface area contributed by atoms with Gasteiger partial charge in [-0.15, -0.1) is 26.3 Å². The van der Waals surface area contributed by atoms with Crippen LogP contribution in [0.5, 0.6) is 0 Å². The molecule has 0 unspecified atom stereocenters. The van der Waals surface area contributed by atoms with Gasteiger partial charge in [-0.1, -0.05) is 28.1 Å². The average Bonchev–Trinajstić information content (AvgIpc) is 3.16. The molecule has 3 heterocycles. The summed E-state index contributed by atoms with van der Waals surface area (Å²) in [5, 5.41) is 15.5. The lowest BCUT2D eigenvalue weighted by Gasteiger charge is -1.99. The van der Waals surface area contributed by atoms with Crippen molar-refractivity contribution >= 4 is 37.5 Å². The second-order valence-electron chi connectivity index (χ2n) is 4.22. The summed E-state index contributed by atoms with van der Waals surface area (Å²) in [6.45, 7) is 0. The SMILES string of the molecule is Brc1ccccc1-c1nnn(-c2ncnc3sccc23)n1. The van der Waals surface area contributed by atoms with Gasteiger partial charge in [0, 0.05) is 10.0 Å². The first kappa shape index (κ1) is 12.5. The van der Waals surface area contributed by atoms with E-state index in [1.165, 1.54) is 11.1 Å². The van der Waals surface area contributed by atoms with Crippen LogP contribution in [0.2, 0.25) is 0 Å². The number of hydrogen-bond acceptors (Lipinski definition) is 6. The Morgan fingerprint density at radius 2 is 2.00 bits per heavy atom. The summed E-state index contributed by atoms with van der Waals surface area (Å²) in [5.74, 6) is 1.18. The summed E-state index contributed by atoms with van der Waals surface area (Å²) >= 11 is 5.04. The van der Waals surface area contributed by atoms with Crippen molar-refractivity contribution < 1.29 is 0 Å². The van der Waals surface area contributed by atoms with Crippen LogP contribution >= 0.6 is 27.3 Å². The fraction of sp³-hybridized carbons (Fsp3) is 0. The highest BCUT2D eigenvalue weighted by atomic mass is 79.9. The van der Waals surface area contributed by atoms with Gasteiger partial charge in [0.15, 0.2) is 5.82 Å². The Morgan fingerprint density at radius 3 is 2.90 bits per heavy atom. The molecule has 0 saturated heterocycles. The van der Waals surface area contributed by atoms with Crippen LogP contribution in [0.3, 0.4) is 0 Å². The first-order chi connectivity index (χ1) is 10.3. The molecule has 0 bridgehead atoms. The van der Waals surface area contributed by atoms with Crippen molar-refractivity contribution in [3.8, 4) is 17.2 Å². The molecule has 0 radical (unpaired) electrons. The summed E-state index contributed by atoms with van der Waals surface area (Å²) in [6.07, 6.45) is 1.51. The molecule has 21 heavy (non-hydrogen) atoms. The van der Waals surface area contributed by atoms with Gasteiger partial charge < -0.3 is 0 Å². The van der Waals surface area contributed by atoms with E-state index in [0.717, 1.165) is 20.3 Å². The summed E-state index contributed by atoms with van der Waals surface area (Å²) in [5.41, 5.74) is 0.888. The normalized spacial score (nSPS) is 11.1. The third-order valence-corrected chi connectivity index (χ3v) is 4.47. The Morgan fingerprint density at radius 1 is 1.10 bits per heavy atom. The highest BCUT2D eigenvalue weighted by molar-refractivity contribution is 9.10. The van der Waals surface area contributed by atoms with Gasteiger partial charge in [-0.25, -0.2) is 9.97 Å². The van der Waals surface area contributed by atoms with Crippen LogP contribution in [-0.2, 0) is 0 Å². The molecule has 4 aromatic rings. The smallest absolute Gasteiger partial charge is 0.206 e. The Kier molecular flexibility index (Phi) is 2.97. The first-order valence-corrected chi connectivity index (χ1v) is 7.74. The molecule has 0 spiro atoms. The van der Waals surface area contributed by atoms with Crippen LogP contribution < -0.4 is 0 Å². The molecule has 0 amide bonds. The number of hydrogen-bond donors (Lipinski definition) is 0. The number of aromatic nitrogens is 6. The van der Waals surface area contributed by atoms with Crippen molar-refractivity contribution in [2.75, 3.05) is 0 Å². The van der Waals surface area contributed by atoms with Crippen molar-refractivity contribution in [3.63, 3.8) is 0 Å². The third-order valence-electron chi connectivity index (χ3n) is 2.96. The van der Waals surface area contributed by atoms with Gasteiger partial charge in [0.05, 0.1) is 5.39 Å². The molecule has 0 saturated carbocycles. The van der Waals surface area contributed by atoms with Crippen LogP contribution in [-0.4, -0.2) is 30.2 Å². The fourth-order valence-corrected chi connectivity index (χ4v) is 3.18. The lowest BCUT2D eigenvalue weighted by atomic mass is 10.2. The van der Waals surface area contributed by atoms with Crippen molar-refractivity contribution in [2.24, 2.45) is 0 Å². The number of fused-ring (bicyclic) bond motifs is 1. The summed E-state index contributed by atoms with van der Waals surface area (Å²) < 4.78 is 0.924. The minimum atomic E-state index is 0.546. The second-order valence-corrected chi connectivity index (χ2v) is 5.97. The predicted octanol–water partition coefficient (Wildman–Crippen LogP) is 3.10. The minimum Gasteiger partial charge on any atom is -0.225 e. The zero-order chi connectivity index (χ0) is 14.2. The monoisotopic (exact) mass is 358 g/mol. The molecule has 0 aliphatic rings. The highest BCUT2D eigenvalue weighted by Crippen LogP contribution is 2.26. The molecule has 1 aromatic carbocycles. The molecule has 0 aliphatic heterocycles. The van der Waals surface area contributed by atoms with E-state index in [1.54, 1.807) is 11.3 Å². The number of rotatable bonds is 2. The first-order valence-electron chi connectivity index (χ1n) is 6.06. The van der Waals surface area contributed by atoms with Gasteiger partial charge in [0.1, 0.15) is 11.2 Å². The van der Waals surface area contributed by atoms with E-state index < -0.39 is 0 Å². The van der Waals surface area contributed by atoms with E-state index in [0.29, 0.717) is 11.6 Å². The van der Waals surface area contributed by atoms with Crippen LogP contribution in [0.1, 0.15) is 0 Å². The number of benzene rings is 1. The second kappa shape index (κ2) is 4.97. The summed E-state index contributed by atoms with van der Waals surface area (Å²) in [4.78, 5) is 10.8. The lowest BCUT2D eigenvalue weighted by molar-refractivity contribution is 0.705.